The van der Waals surface area contributed by atoms with Crippen LogP contribution in [0.2, 0.25) is 0 Å². The van der Waals surface area contributed by atoms with Crippen LogP contribution >= 0.6 is 0 Å². The molecule has 0 atom stereocenters. The topological polar surface area (TPSA) is 26.3 Å². The van der Waals surface area contributed by atoms with Gasteiger partial charge < -0.3 is 4.74 Å². The zero-order chi connectivity index (χ0) is 10.6. The first-order valence-corrected chi connectivity index (χ1v) is 3.72. The minimum absolute atomic E-state index is 0.0312. The second-order valence-corrected chi connectivity index (χ2v) is 2.92. The van der Waals surface area contributed by atoms with E-state index in [1.165, 1.54) is 6.92 Å². The number of ether oxygens (including phenoxy) is 1. The molecular formula is C8H11F3O2. The van der Waals surface area contributed by atoms with Crippen LogP contribution in [-0.4, -0.2) is 12.6 Å². The number of esters is 1. The molecule has 0 aromatic rings. The van der Waals surface area contributed by atoms with Gasteiger partial charge in [0.2, 0.25) is 0 Å². The minimum Gasteiger partial charge on any atom is -0.465 e. The molecule has 0 aromatic carbocycles. The van der Waals surface area contributed by atoms with Gasteiger partial charge in [0.05, 0.1) is 6.61 Å². The summed E-state index contributed by atoms with van der Waals surface area (Å²) in [5, 5.41) is 0. The summed E-state index contributed by atoms with van der Waals surface area (Å²) in [7, 11) is 0. The third-order valence-corrected chi connectivity index (χ3v) is 1.50. The van der Waals surface area contributed by atoms with Gasteiger partial charge in [-0.15, -0.1) is 0 Å². The number of carbonyl (C=O) groups is 1. The van der Waals surface area contributed by atoms with Crippen molar-refractivity contribution in [2.24, 2.45) is 5.41 Å². The molecule has 0 amide bonds. The van der Waals surface area contributed by atoms with E-state index in [4.69, 9.17) is 0 Å². The quantitative estimate of drug-likeness (QED) is 0.648. The fraction of sp³-hybridized carbons (Fsp3) is 0.625. The summed E-state index contributed by atoms with van der Waals surface area (Å²) in [5.41, 5.74) is -1.91. The molecule has 0 N–H and O–H groups in total. The Morgan fingerprint density at radius 3 is 2.08 bits per heavy atom. The average Bonchev–Trinajstić information content (AvgIpc) is 2.03. The van der Waals surface area contributed by atoms with Crippen LogP contribution in [0.15, 0.2) is 11.9 Å². The number of carbonyl (C=O) groups excluding carboxylic acids is 1. The van der Waals surface area contributed by atoms with Crippen LogP contribution in [0.5, 0.6) is 0 Å². The van der Waals surface area contributed by atoms with Gasteiger partial charge in [-0.3, -0.25) is 4.79 Å². The van der Waals surface area contributed by atoms with Crippen LogP contribution in [0.4, 0.5) is 13.2 Å². The Kier molecular flexibility index (Phi) is 3.97. The van der Waals surface area contributed by atoms with Crippen molar-refractivity contribution >= 4 is 5.97 Å². The summed E-state index contributed by atoms with van der Waals surface area (Å²) < 4.78 is 40.8. The Morgan fingerprint density at radius 1 is 1.31 bits per heavy atom. The Labute approximate surface area is 74.4 Å². The Balaban J connectivity index is 4.76. The Bertz CT molecular complexity index is 230. The third-order valence-electron chi connectivity index (χ3n) is 1.50. The molecule has 5 heteroatoms. The van der Waals surface area contributed by atoms with Gasteiger partial charge in [0, 0.05) is 0 Å². The summed E-state index contributed by atoms with van der Waals surface area (Å²) >= 11 is 0. The van der Waals surface area contributed by atoms with Crippen molar-refractivity contribution in [1.82, 2.24) is 0 Å². The van der Waals surface area contributed by atoms with E-state index in [1.54, 1.807) is 0 Å². The summed E-state index contributed by atoms with van der Waals surface area (Å²) in [5.74, 6) is -2.74. The van der Waals surface area contributed by atoms with E-state index < -0.39 is 23.3 Å². The molecule has 2 nitrogen and oxygen atoms in total. The van der Waals surface area contributed by atoms with Crippen LogP contribution in [0.1, 0.15) is 20.8 Å². The first-order valence-electron chi connectivity index (χ1n) is 3.72. The van der Waals surface area contributed by atoms with Crippen molar-refractivity contribution in [3.05, 3.63) is 11.9 Å². The molecular weight excluding hydrogens is 185 g/mol. The molecule has 0 aliphatic rings. The van der Waals surface area contributed by atoms with Gasteiger partial charge in [-0.2, -0.15) is 8.78 Å². The molecule has 0 radical (unpaired) electrons. The van der Waals surface area contributed by atoms with Gasteiger partial charge in [0.25, 0.3) is 0 Å². The predicted octanol–water partition coefficient (Wildman–Crippen LogP) is 2.65. The van der Waals surface area contributed by atoms with E-state index in [0.717, 1.165) is 13.8 Å². The minimum atomic E-state index is -2.49. The van der Waals surface area contributed by atoms with Crippen LogP contribution in [0.25, 0.3) is 0 Å². The van der Waals surface area contributed by atoms with E-state index in [-0.39, 0.29) is 6.61 Å². The first-order chi connectivity index (χ1) is 5.84. The van der Waals surface area contributed by atoms with Crippen molar-refractivity contribution in [2.75, 3.05) is 6.61 Å². The first kappa shape index (κ1) is 12.0. The molecule has 0 rings (SSSR count). The van der Waals surface area contributed by atoms with Gasteiger partial charge >= 0.3 is 12.0 Å². The highest BCUT2D eigenvalue weighted by Gasteiger charge is 2.37. The smallest absolute Gasteiger partial charge is 0.318 e. The third kappa shape index (κ3) is 2.75. The van der Waals surface area contributed by atoms with Crippen LogP contribution in [-0.2, 0) is 9.53 Å². The highest BCUT2D eigenvalue weighted by Crippen LogP contribution is 2.32. The SMILES string of the molecule is CCOC(=O)C(C)(C)C(F)=C(F)F. The molecule has 0 heterocycles. The zero-order valence-electron chi connectivity index (χ0n) is 7.66. The van der Waals surface area contributed by atoms with E-state index in [9.17, 15) is 18.0 Å². The summed E-state index contributed by atoms with van der Waals surface area (Å²) in [6, 6.07) is 0. The van der Waals surface area contributed by atoms with Gasteiger partial charge in [-0.25, -0.2) is 4.39 Å². The Morgan fingerprint density at radius 2 is 1.77 bits per heavy atom. The van der Waals surface area contributed by atoms with E-state index in [1.807, 2.05) is 0 Å². The van der Waals surface area contributed by atoms with E-state index in [0.29, 0.717) is 0 Å². The van der Waals surface area contributed by atoms with Crippen LogP contribution in [0, 0.1) is 5.41 Å². The molecule has 0 aliphatic carbocycles. The van der Waals surface area contributed by atoms with Crippen molar-refractivity contribution in [2.45, 2.75) is 20.8 Å². The fourth-order valence-corrected chi connectivity index (χ4v) is 0.637. The van der Waals surface area contributed by atoms with Crippen molar-refractivity contribution in [3.8, 4) is 0 Å². The number of halogens is 3. The summed E-state index contributed by atoms with van der Waals surface area (Å²) in [6.45, 7) is 3.63. The lowest BCUT2D eigenvalue weighted by atomic mass is 9.92. The monoisotopic (exact) mass is 196 g/mol. The highest BCUT2D eigenvalue weighted by molar-refractivity contribution is 5.79. The highest BCUT2D eigenvalue weighted by atomic mass is 19.3. The molecule has 0 spiro atoms. The zero-order valence-corrected chi connectivity index (χ0v) is 7.66. The van der Waals surface area contributed by atoms with Crippen molar-refractivity contribution < 1.29 is 22.7 Å². The molecule has 0 bridgehead atoms. The van der Waals surface area contributed by atoms with Gasteiger partial charge in [0.15, 0.2) is 5.83 Å². The standard InChI is InChI=1S/C8H11F3O2/c1-4-13-7(12)8(2,3)5(9)6(10)11/h4H2,1-3H3. The largest absolute Gasteiger partial charge is 0.465 e. The Hall–Kier alpha value is -1.00. The molecule has 13 heavy (non-hydrogen) atoms. The van der Waals surface area contributed by atoms with Crippen molar-refractivity contribution in [3.63, 3.8) is 0 Å². The lowest BCUT2D eigenvalue weighted by Crippen LogP contribution is -2.27. The normalized spacial score (nSPS) is 10.9. The fourth-order valence-electron chi connectivity index (χ4n) is 0.637. The second kappa shape index (κ2) is 4.30. The second-order valence-electron chi connectivity index (χ2n) is 2.92. The maximum Gasteiger partial charge on any atom is 0.318 e. The average molecular weight is 196 g/mol. The summed E-state index contributed by atoms with van der Waals surface area (Å²) in [4.78, 5) is 11.0. The lowest BCUT2D eigenvalue weighted by molar-refractivity contribution is -0.152. The molecule has 76 valence electrons. The summed E-state index contributed by atoms with van der Waals surface area (Å²) in [6.07, 6.45) is -2.49. The van der Waals surface area contributed by atoms with E-state index in [2.05, 4.69) is 4.74 Å². The van der Waals surface area contributed by atoms with E-state index >= 15 is 0 Å². The number of rotatable bonds is 3. The van der Waals surface area contributed by atoms with Gasteiger partial charge in [-0.1, -0.05) is 0 Å². The van der Waals surface area contributed by atoms with Gasteiger partial charge in [-0.05, 0) is 20.8 Å². The molecule has 0 unspecified atom stereocenters. The maximum atomic E-state index is 12.7. The molecule has 0 aromatic heterocycles. The maximum absolute atomic E-state index is 12.7. The molecule has 0 fully saturated rings. The number of hydrogen-bond donors (Lipinski definition) is 0. The van der Waals surface area contributed by atoms with Crippen molar-refractivity contribution in [1.29, 1.82) is 0 Å². The van der Waals surface area contributed by atoms with Gasteiger partial charge in [0.1, 0.15) is 5.41 Å². The molecule has 0 saturated heterocycles. The molecule has 0 saturated carbocycles. The molecule has 0 aliphatic heterocycles. The van der Waals surface area contributed by atoms with Crippen LogP contribution in [0.3, 0.4) is 0 Å². The predicted molar refractivity (Wildman–Crippen MR) is 40.8 cm³/mol. The lowest BCUT2D eigenvalue weighted by Gasteiger charge is -2.19. The number of hydrogen-bond acceptors (Lipinski definition) is 2. The van der Waals surface area contributed by atoms with Crippen LogP contribution < -0.4 is 0 Å².